The number of nitrogen functional groups attached to an aromatic ring is 1. The van der Waals surface area contributed by atoms with E-state index in [0.29, 0.717) is 17.5 Å². The van der Waals surface area contributed by atoms with Gasteiger partial charge in [0.05, 0.1) is 11.1 Å². The second kappa shape index (κ2) is 4.96. The van der Waals surface area contributed by atoms with Gasteiger partial charge in [0.25, 0.3) is 0 Å². The lowest BCUT2D eigenvalue weighted by molar-refractivity contribution is 0.0238. The molecule has 1 aromatic heterocycles. The van der Waals surface area contributed by atoms with E-state index in [1.807, 2.05) is 34.6 Å². The molecule has 0 bridgehead atoms. The zero-order chi connectivity index (χ0) is 15.0. The van der Waals surface area contributed by atoms with Gasteiger partial charge in [-0.3, -0.25) is 0 Å². The van der Waals surface area contributed by atoms with Gasteiger partial charge in [0.1, 0.15) is 17.5 Å². The molecule has 0 aromatic carbocycles. The summed E-state index contributed by atoms with van der Waals surface area (Å²) in [6, 6.07) is 0. The van der Waals surface area contributed by atoms with Crippen molar-refractivity contribution in [2.24, 2.45) is 0 Å². The van der Waals surface area contributed by atoms with Gasteiger partial charge in [-0.1, -0.05) is 13.8 Å². The van der Waals surface area contributed by atoms with Gasteiger partial charge in [-0.2, -0.15) is 0 Å². The van der Waals surface area contributed by atoms with Crippen molar-refractivity contribution in [1.29, 1.82) is 0 Å². The van der Waals surface area contributed by atoms with Crippen molar-refractivity contribution in [3.63, 3.8) is 0 Å². The van der Waals surface area contributed by atoms with Crippen molar-refractivity contribution in [2.45, 2.75) is 65.5 Å². The lowest BCUT2D eigenvalue weighted by Gasteiger charge is -2.38. The predicted molar refractivity (Wildman–Crippen MR) is 79.3 cm³/mol. The van der Waals surface area contributed by atoms with Crippen LogP contribution < -0.4 is 11.1 Å². The van der Waals surface area contributed by atoms with Gasteiger partial charge >= 0.3 is 0 Å². The Morgan fingerprint density at radius 1 is 1.16 bits per heavy atom. The van der Waals surface area contributed by atoms with Crippen molar-refractivity contribution in [1.82, 2.24) is 9.97 Å². The second-order valence-corrected chi connectivity index (χ2v) is 6.40. The number of nitrogens with one attached hydrogen (secondary N) is 1. The fraction of sp³-hybridized carbons (Fsp3) is 0.714. The van der Waals surface area contributed by atoms with Crippen LogP contribution in [0.2, 0.25) is 0 Å². The van der Waals surface area contributed by atoms with Crippen LogP contribution in [0.3, 0.4) is 0 Å². The molecule has 0 aliphatic rings. The number of aliphatic hydroxyl groups is 1. The fourth-order valence-electron chi connectivity index (χ4n) is 1.38. The summed E-state index contributed by atoms with van der Waals surface area (Å²) in [6.45, 7) is 13.3. The largest absolute Gasteiger partial charge is 0.388 e. The van der Waals surface area contributed by atoms with E-state index in [0.717, 1.165) is 5.56 Å². The van der Waals surface area contributed by atoms with E-state index in [9.17, 15) is 5.11 Å². The smallest absolute Gasteiger partial charge is 0.135 e. The number of nitrogens with two attached hydrogens (primary N) is 1. The van der Waals surface area contributed by atoms with E-state index >= 15 is 0 Å². The Morgan fingerprint density at radius 2 is 1.68 bits per heavy atom. The lowest BCUT2D eigenvalue weighted by atomic mass is 9.86. The average molecular weight is 266 g/mol. The highest BCUT2D eigenvalue weighted by molar-refractivity contribution is 5.56. The fourth-order valence-corrected chi connectivity index (χ4v) is 1.38. The van der Waals surface area contributed by atoms with Gasteiger partial charge in [0.15, 0.2) is 0 Å². The van der Waals surface area contributed by atoms with E-state index in [1.54, 1.807) is 13.8 Å². The molecule has 0 atom stereocenters. The quantitative estimate of drug-likeness (QED) is 0.779. The minimum atomic E-state index is -0.892. The standard InChI is InChI=1S/C14H26N4O/c1-8(2)11-16-10(15)9(3)12(17-11)18-13(4,5)14(6,7)19/h8,19H,1-7H3,(H3,15,16,17,18). The zero-order valence-corrected chi connectivity index (χ0v) is 13.0. The van der Waals surface area contributed by atoms with Crippen molar-refractivity contribution in [3.05, 3.63) is 11.4 Å². The third-order valence-corrected chi connectivity index (χ3v) is 3.68. The first-order valence-corrected chi connectivity index (χ1v) is 6.60. The average Bonchev–Trinajstić information content (AvgIpc) is 2.22. The summed E-state index contributed by atoms with van der Waals surface area (Å²) in [5.74, 6) is 2.07. The molecule has 19 heavy (non-hydrogen) atoms. The first kappa shape index (κ1) is 15.7. The van der Waals surface area contributed by atoms with Crippen molar-refractivity contribution in [2.75, 3.05) is 11.1 Å². The van der Waals surface area contributed by atoms with Crippen LogP contribution in [0.15, 0.2) is 0 Å². The number of rotatable bonds is 4. The van der Waals surface area contributed by atoms with Crippen LogP contribution in [0.1, 0.15) is 58.8 Å². The molecule has 0 radical (unpaired) electrons. The molecule has 1 aromatic rings. The Kier molecular flexibility index (Phi) is 4.10. The van der Waals surface area contributed by atoms with Gasteiger partial charge in [-0.15, -0.1) is 0 Å². The molecule has 0 aliphatic carbocycles. The summed E-state index contributed by atoms with van der Waals surface area (Å²) < 4.78 is 0. The van der Waals surface area contributed by atoms with Crippen LogP contribution in [-0.2, 0) is 0 Å². The third-order valence-electron chi connectivity index (χ3n) is 3.68. The molecule has 0 amide bonds. The van der Waals surface area contributed by atoms with Gasteiger partial charge in [-0.05, 0) is 34.6 Å². The van der Waals surface area contributed by atoms with E-state index in [2.05, 4.69) is 15.3 Å². The van der Waals surface area contributed by atoms with Gasteiger partial charge < -0.3 is 16.2 Å². The van der Waals surface area contributed by atoms with Crippen LogP contribution in [0.25, 0.3) is 0 Å². The first-order chi connectivity index (χ1) is 8.45. The molecule has 1 rings (SSSR count). The van der Waals surface area contributed by atoms with Crippen LogP contribution in [0.4, 0.5) is 11.6 Å². The Bertz CT molecular complexity index is 461. The van der Waals surface area contributed by atoms with Crippen LogP contribution in [-0.4, -0.2) is 26.2 Å². The number of hydrogen-bond acceptors (Lipinski definition) is 5. The Labute approximate surface area is 115 Å². The van der Waals surface area contributed by atoms with Crippen molar-refractivity contribution >= 4 is 11.6 Å². The maximum atomic E-state index is 10.2. The molecular weight excluding hydrogens is 240 g/mol. The SMILES string of the molecule is Cc1c(N)nc(C(C)C)nc1NC(C)(C)C(C)(C)O. The van der Waals surface area contributed by atoms with E-state index < -0.39 is 11.1 Å². The minimum Gasteiger partial charge on any atom is -0.388 e. The van der Waals surface area contributed by atoms with E-state index in [1.165, 1.54) is 0 Å². The number of hydrogen-bond donors (Lipinski definition) is 3. The van der Waals surface area contributed by atoms with Crippen molar-refractivity contribution < 1.29 is 5.11 Å². The minimum absolute atomic E-state index is 0.202. The first-order valence-electron chi connectivity index (χ1n) is 6.60. The second-order valence-electron chi connectivity index (χ2n) is 6.40. The molecule has 0 saturated carbocycles. The normalized spacial score (nSPS) is 12.9. The summed E-state index contributed by atoms with van der Waals surface area (Å²) in [6.07, 6.45) is 0. The highest BCUT2D eigenvalue weighted by Gasteiger charge is 2.35. The van der Waals surface area contributed by atoms with E-state index in [4.69, 9.17) is 5.73 Å². The monoisotopic (exact) mass is 266 g/mol. The molecule has 1 heterocycles. The molecule has 4 N–H and O–H groups in total. The number of anilines is 2. The summed E-state index contributed by atoms with van der Waals surface area (Å²) in [5, 5.41) is 13.5. The highest BCUT2D eigenvalue weighted by atomic mass is 16.3. The molecule has 0 aliphatic heterocycles. The summed E-state index contributed by atoms with van der Waals surface area (Å²) >= 11 is 0. The molecule has 5 nitrogen and oxygen atoms in total. The molecule has 5 heteroatoms. The third kappa shape index (κ3) is 3.35. The van der Waals surface area contributed by atoms with Gasteiger partial charge in [-0.25, -0.2) is 9.97 Å². The van der Waals surface area contributed by atoms with Gasteiger partial charge in [0, 0.05) is 11.5 Å². The Morgan fingerprint density at radius 3 is 2.11 bits per heavy atom. The van der Waals surface area contributed by atoms with Crippen LogP contribution in [0.5, 0.6) is 0 Å². The lowest BCUT2D eigenvalue weighted by Crippen LogP contribution is -2.51. The number of nitrogens with zero attached hydrogens (tertiary/aromatic N) is 2. The molecule has 0 saturated heterocycles. The Balaban J connectivity index is 3.21. The molecular formula is C14H26N4O. The number of aromatic nitrogens is 2. The van der Waals surface area contributed by atoms with Crippen molar-refractivity contribution in [3.8, 4) is 0 Å². The highest BCUT2D eigenvalue weighted by Crippen LogP contribution is 2.28. The predicted octanol–water partition coefficient (Wildman–Crippen LogP) is 2.45. The molecule has 0 unspecified atom stereocenters. The Hall–Kier alpha value is -1.36. The van der Waals surface area contributed by atoms with Crippen LogP contribution >= 0.6 is 0 Å². The van der Waals surface area contributed by atoms with E-state index in [-0.39, 0.29) is 5.92 Å². The summed E-state index contributed by atoms with van der Waals surface area (Å²) in [4.78, 5) is 8.81. The maximum absolute atomic E-state index is 10.2. The molecule has 0 fully saturated rings. The maximum Gasteiger partial charge on any atom is 0.135 e. The topological polar surface area (TPSA) is 84.1 Å². The summed E-state index contributed by atoms with van der Waals surface area (Å²) in [7, 11) is 0. The molecule has 108 valence electrons. The van der Waals surface area contributed by atoms with Crippen LogP contribution in [0, 0.1) is 6.92 Å². The van der Waals surface area contributed by atoms with Gasteiger partial charge in [0.2, 0.25) is 0 Å². The zero-order valence-electron chi connectivity index (χ0n) is 13.0. The summed E-state index contributed by atoms with van der Waals surface area (Å²) in [5.41, 5.74) is 5.31. The molecule has 0 spiro atoms.